The number of hydrogen-bond donors (Lipinski definition) is 10. The zero-order valence-corrected chi connectivity index (χ0v) is 34.3. The van der Waals surface area contributed by atoms with E-state index in [4.69, 9.17) is 37.2 Å². The number of guanidine groups is 1. The van der Waals surface area contributed by atoms with Gasteiger partial charge in [-0.1, -0.05) is 62.2 Å². The monoisotopic (exact) mass is 850 g/mol. The normalized spacial score (nSPS) is 12.8. The second-order valence-corrected chi connectivity index (χ2v) is 14.2. The molecule has 0 aliphatic rings. The molecule has 1 aromatic heterocycles. The summed E-state index contributed by atoms with van der Waals surface area (Å²) in [5.74, 6) is -4.90. The molecule has 0 aliphatic heterocycles. The average Bonchev–Trinajstić information content (AvgIpc) is 3.68. The van der Waals surface area contributed by atoms with Crippen LogP contribution in [0.4, 0.5) is 0 Å². The number of carbonyl (C=O) groups excluding carboxylic acids is 6. The number of carboxylic acids is 1. The van der Waals surface area contributed by atoms with Crippen LogP contribution in [-0.4, -0.2) is 103 Å². The number of aliphatic imine (C=N–C) groups is 1. The number of amides is 6. The lowest BCUT2D eigenvalue weighted by atomic mass is 10.0. The molecule has 6 amide bonds. The molecule has 0 bridgehead atoms. The quantitative estimate of drug-likeness (QED) is 0.0267. The van der Waals surface area contributed by atoms with E-state index >= 15 is 0 Å². The van der Waals surface area contributed by atoms with Crippen molar-refractivity contribution in [3.8, 4) is 17.1 Å². The number of nitrogens with one attached hydrogen (secondary N) is 5. The van der Waals surface area contributed by atoms with Crippen molar-refractivity contribution in [2.75, 3.05) is 26.2 Å². The minimum absolute atomic E-state index is 0.0423. The maximum Gasteiger partial charge on any atom is 0.303 e. The first kappa shape index (κ1) is 48.7. The SMILES string of the molecule is CCCC[C@H](NC(=O)[C@H](CCCN=C(N)N)NC(=O)CNC(=O)COc1cccc2cc(-c3ccccc3)oc12)C(=O)N[C@@H](CCCCN)C(=O)N[C@@H](CCC(=O)O)C(N)=O. The van der Waals surface area contributed by atoms with Crippen LogP contribution in [0.5, 0.6) is 5.75 Å². The molecule has 14 N–H and O–H groups in total. The van der Waals surface area contributed by atoms with Gasteiger partial charge in [0, 0.05) is 23.9 Å². The fourth-order valence-electron chi connectivity index (χ4n) is 6.09. The van der Waals surface area contributed by atoms with Crippen LogP contribution in [0.25, 0.3) is 22.3 Å². The Hall–Kier alpha value is -6.70. The van der Waals surface area contributed by atoms with E-state index in [1.54, 1.807) is 12.1 Å². The maximum atomic E-state index is 13.8. The largest absolute Gasteiger partial charge is 0.481 e. The molecule has 3 rings (SSSR count). The maximum absolute atomic E-state index is 13.8. The van der Waals surface area contributed by atoms with Gasteiger partial charge in [0.15, 0.2) is 23.9 Å². The number of aliphatic carboxylic acids is 1. The number of carboxylic acid groups (broad SMARTS) is 1. The van der Waals surface area contributed by atoms with Gasteiger partial charge in [0.2, 0.25) is 29.5 Å². The lowest BCUT2D eigenvalue weighted by Crippen LogP contribution is -2.58. The van der Waals surface area contributed by atoms with E-state index < -0.39 is 85.2 Å². The predicted molar refractivity (Wildman–Crippen MR) is 226 cm³/mol. The topological polar surface area (TPSA) is 339 Å². The van der Waals surface area contributed by atoms with Gasteiger partial charge in [-0.15, -0.1) is 0 Å². The van der Waals surface area contributed by atoms with Crippen LogP contribution in [0, 0.1) is 0 Å². The number of unbranched alkanes of at least 4 members (excludes halogenated alkanes) is 2. The smallest absolute Gasteiger partial charge is 0.303 e. The molecule has 0 radical (unpaired) electrons. The first-order valence-electron chi connectivity index (χ1n) is 20.2. The van der Waals surface area contributed by atoms with Crippen molar-refractivity contribution in [1.82, 2.24) is 26.6 Å². The number of hydrogen-bond acceptors (Lipinski definition) is 11. The number of primary amides is 1. The van der Waals surface area contributed by atoms with E-state index in [9.17, 15) is 33.6 Å². The fourth-order valence-corrected chi connectivity index (χ4v) is 6.09. The molecule has 0 saturated heterocycles. The molecule has 0 saturated carbocycles. The summed E-state index contributed by atoms with van der Waals surface area (Å²) in [5.41, 5.74) is 23.2. The molecule has 20 nitrogen and oxygen atoms in total. The summed E-state index contributed by atoms with van der Waals surface area (Å²) in [4.78, 5) is 93.7. The molecule has 0 fully saturated rings. The molecular formula is C41H58N10O10. The molecule has 1 heterocycles. The van der Waals surface area contributed by atoms with E-state index in [-0.39, 0.29) is 44.6 Å². The van der Waals surface area contributed by atoms with Crippen LogP contribution in [0.15, 0.2) is 64.0 Å². The van der Waals surface area contributed by atoms with Crippen LogP contribution >= 0.6 is 0 Å². The Morgan fingerprint density at radius 2 is 1.36 bits per heavy atom. The molecule has 4 atom stereocenters. The molecular weight excluding hydrogens is 793 g/mol. The standard InChI is InChI=1S/C41H58N10O10/c1-2-3-14-29(40(59)51-30(15-7-8-20-42)39(58)49-27(37(43)56)18-19-35(54)55)50-38(57)28(16-10-21-46-41(44)45)48-33(52)23-47-34(53)24-60-31-17-9-13-26-22-32(61-36(26)31)25-11-5-4-6-12-25/h4-6,9,11-13,17,22,27-30H,2-3,7-8,10,14-16,18-21,23-24,42H2,1H3,(H2,43,56)(H,47,53)(H,48,52)(H,49,58)(H,50,57)(H,51,59)(H,54,55)(H4,44,45,46)/t27-,28-,29-,30-/m0/s1. The molecule has 20 heteroatoms. The number of nitrogens with two attached hydrogens (primary N) is 4. The third-order valence-electron chi connectivity index (χ3n) is 9.33. The molecule has 0 unspecified atom stereocenters. The van der Waals surface area contributed by atoms with Crippen LogP contribution in [0.1, 0.15) is 71.1 Å². The molecule has 2 aromatic carbocycles. The molecule has 0 spiro atoms. The number of ether oxygens (including phenoxy) is 1. The number of benzene rings is 2. The van der Waals surface area contributed by atoms with Crippen LogP contribution in [0.3, 0.4) is 0 Å². The van der Waals surface area contributed by atoms with Crippen LogP contribution < -0.4 is 54.3 Å². The number of carbonyl (C=O) groups is 7. The fraction of sp³-hybridized carbons (Fsp3) is 0.463. The number of para-hydroxylation sites is 1. The molecule has 3 aromatic rings. The zero-order valence-electron chi connectivity index (χ0n) is 34.3. The lowest BCUT2D eigenvalue weighted by Gasteiger charge is -2.26. The molecule has 61 heavy (non-hydrogen) atoms. The zero-order chi connectivity index (χ0) is 44.7. The van der Waals surface area contributed by atoms with Crippen molar-refractivity contribution >= 4 is 58.3 Å². The van der Waals surface area contributed by atoms with Gasteiger partial charge in [0.1, 0.15) is 29.9 Å². The van der Waals surface area contributed by atoms with Gasteiger partial charge in [-0.25, -0.2) is 0 Å². The van der Waals surface area contributed by atoms with Gasteiger partial charge < -0.3 is 63.8 Å². The van der Waals surface area contributed by atoms with Gasteiger partial charge in [0.25, 0.3) is 5.91 Å². The Kier molecular flexibility index (Phi) is 20.5. The van der Waals surface area contributed by atoms with E-state index in [0.717, 1.165) is 10.9 Å². The summed E-state index contributed by atoms with van der Waals surface area (Å²) in [6, 6.07) is 11.8. The minimum Gasteiger partial charge on any atom is -0.481 e. The van der Waals surface area contributed by atoms with Crippen molar-refractivity contribution in [1.29, 1.82) is 0 Å². The number of fused-ring (bicyclic) bond motifs is 1. The number of nitrogens with zero attached hydrogens (tertiary/aromatic N) is 1. The van der Waals surface area contributed by atoms with Gasteiger partial charge in [0.05, 0.1) is 6.54 Å². The Morgan fingerprint density at radius 1 is 0.738 bits per heavy atom. The van der Waals surface area contributed by atoms with E-state index in [1.807, 2.05) is 49.4 Å². The lowest BCUT2D eigenvalue weighted by molar-refractivity contribution is -0.138. The van der Waals surface area contributed by atoms with Gasteiger partial charge in [-0.2, -0.15) is 0 Å². The first-order valence-corrected chi connectivity index (χ1v) is 20.2. The molecule has 0 aliphatic carbocycles. The molecule has 332 valence electrons. The second kappa shape index (κ2) is 25.7. The first-order chi connectivity index (χ1) is 29.2. The van der Waals surface area contributed by atoms with Crippen LogP contribution in [0.2, 0.25) is 0 Å². The highest BCUT2D eigenvalue weighted by Gasteiger charge is 2.31. The second-order valence-electron chi connectivity index (χ2n) is 14.2. The highest BCUT2D eigenvalue weighted by Crippen LogP contribution is 2.33. The third-order valence-corrected chi connectivity index (χ3v) is 9.33. The van der Waals surface area contributed by atoms with Crippen molar-refractivity contribution in [2.45, 2.75) is 95.3 Å². The average molecular weight is 851 g/mol. The van der Waals surface area contributed by atoms with Crippen molar-refractivity contribution in [2.24, 2.45) is 27.9 Å². The van der Waals surface area contributed by atoms with E-state index in [1.165, 1.54) is 0 Å². The summed E-state index contributed by atoms with van der Waals surface area (Å²) < 4.78 is 11.8. The van der Waals surface area contributed by atoms with Gasteiger partial charge in [-0.05, 0) is 63.6 Å². The Bertz CT molecular complexity index is 1970. The number of rotatable bonds is 28. The number of furan rings is 1. The minimum atomic E-state index is -1.31. The van der Waals surface area contributed by atoms with Crippen LogP contribution in [-0.2, 0) is 33.6 Å². The van der Waals surface area contributed by atoms with Gasteiger partial charge >= 0.3 is 5.97 Å². The third kappa shape index (κ3) is 17.2. The van der Waals surface area contributed by atoms with Crippen molar-refractivity contribution in [3.63, 3.8) is 0 Å². The van der Waals surface area contributed by atoms with Gasteiger partial charge in [-0.3, -0.25) is 38.6 Å². The predicted octanol–water partition coefficient (Wildman–Crippen LogP) is 0.257. The summed E-state index contributed by atoms with van der Waals surface area (Å²) in [7, 11) is 0. The van der Waals surface area contributed by atoms with Crippen molar-refractivity contribution < 1.29 is 47.8 Å². The highest BCUT2D eigenvalue weighted by atomic mass is 16.5. The van der Waals surface area contributed by atoms with E-state index in [0.29, 0.717) is 49.3 Å². The Balaban J connectivity index is 1.67. The summed E-state index contributed by atoms with van der Waals surface area (Å²) in [5, 5.41) is 22.6. The highest BCUT2D eigenvalue weighted by molar-refractivity contribution is 5.96. The summed E-state index contributed by atoms with van der Waals surface area (Å²) in [6.45, 7) is 1.37. The summed E-state index contributed by atoms with van der Waals surface area (Å²) in [6.07, 6.45) is 1.95. The Morgan fingerprint density at radius 3 is 1.97 bits per heavy atom. The van der Waals surface area contributed by atoms with Crippen molar-refractivity contribution in [3.05, 3.63) is 54.6 Å². The Labute approximate surface area is 353 Å². The van der Waals surface area contributed by atoms with E-state index in [2.05, 4.69) is 31.6 Å². The summed E-state index contributed by atoms with van der Waals surface area (Å²) >= 11 is 0.